The van der Waals surface area contributed by atoms with Crippen molar-refractivity contribution in [1.29, 1.82) is 0 Å². The summed E-state index contributed by atoms with van der Waals surface area (Å²) >= 11 is 0. The minimum atomic E-state index is -0.142. The van der Waals surface area contributed by atoms with Gasteiger partial charge in [-0.3, -0.25) is 4.39 Å². The summed E-state index contributed by atoms with van der Waals surface area (Å²) in [6.07, 6.45) is 7.23. The summed E-state index contributed by atoms with van der Waals surface area (Å²) in [4.78, 5) is 0. The predicted molar refractivity (Wildman–Crippen MR) is 57.7 cm³/mol. The van der Waals surface area contributed by atoms with E-state index >= 15 is 0 Å². The molecule has 0 aromatic heterocycles. The molecule has 0 aliphatic carbocycles. The van der Waals surface area contributed by atoms with Crippen molar-refractivity contribution in [2.45, 2.75) is 59.3 Å². The molecule has 0 aliphatic rings. The Kier molecular flexibility index (Phi) is 8.48. The third kappa shape index (κ3) is 7.04. The SMILES string of the molecule is CCCCCCC(CCF)C(C)C. The molecule has 13 heavy (non-hydrogen) atoms. The first-order valence-corrected chi connectivity index (χ1v) is 5.78. The third-order valence-electron chi connectivity index (χ3n) is 2.85. The smallest absolute Gasteiger partial charge is 0.0897 e. The Morgan fingerprint density at radius 3 is 2.15 bits per heavy atom. The lowest BCUT2D eigenvalue weighted by molar-refractivity contribution is 0.290. The van der Waals surface area contributed by atoms with E-state index in [1.807, 2.05) is 0 Å². The van der Waals surface area contributed by atoms with Crippen molar-refractivity contribution in [1.82, 2.24) is 0 Å². The monoisotopic (exact) mass is 188 g/mol. The van der Waals surface area contributed by atoms with Crippen molar-refractivity contribution in [2.24, 2.45) is 11.8 Å². The molecule has 0 saturated heterocycles. The van der Waals surface area contributed by atoms with Crippen LogP contribution in [0.1, 0.15) is 59.3 Å². The molecule has 0 aromatic carbocycles. The second-order valence-corrected chi connectivity index (χ2v) is 4.33. The van der Waals surface area contributed by atoms with E-state index in [1.54, 1.807) is 0 Å². The van der Waals surface area contributed by atoms with Gasteiger partial charge in [-0.25, -0.2) is 0 Å². The van der Waals surface area contributed by atoms with E-state index in [1.165, 1.54) is 32.1 Å². The third-order valence-corrected chi connectivity index (χ3v) is 2.85. The second kappa shape index (κ2) is 8.52. The molecule has 1 heteroatoms. The van der Waals surface area contributed by atoms with E-state index in [0.717, 1.165) is 6.42 Å². The average molecular weight is 188 g/mol. The van der Waals surface area contributed by atoms with Crippen molar-refractivity contribution in [3.8, 4) is 0 Å². The Balaban J connectivity index is 3.45. The number of unbranched alkanes of at least 4 members (excludes halogenated alkanes) is 3. The first kappa shape index (κ1) is 12.9. The van der Waals surface area contributed by atoms with Gasteiger partial charge >= 0.3 is 0 Å². The first-order valence-electron chi connectivity index (χ1n) is 5.78. The Bertz CT molecular complexity index is 99.3. The highest BCUT2D eigenvalue weighted by Crippen LogP contribution is 2.22. The summed E-state index contributed by atoms with van der Waals surface area (Å²) in [5, 5.41) is 0. The van der Waals surface area contributed by atoms with Crippen molar-refractivity contribution in [2.75, 3.05) is 6.67 Å². The van der Waals surface area contributed by atoms with Gasteiger partial charge in [-0.1, -0.05) is 52.9 Å². The molecule has 0 bridgehead atoms. The van der Waals surface area contributed by atoms with Crippen LogP contribution >= 0.6 is 0 Å². The van der Waals surface area contributed by atoms with E-state index in [2.05, 4.69) is 20.8 Å². The van der Waals surface area contributed by atoms with Crippen LogP contribution in [0.15, 0.2) is 0 Å². The van der Waals surface area contributed by atoms with Crippen LogP contribution < -0.4 is 0 Å². The van der Waals surface area contributed by atoms with Crippen LogP contribution in [0.4, 0.5) is 4.39 Å². The van der Waals surface area contributed by atoms with E-state index in [4.69, 9.17) is 0 Å². The Hall–Kier alpha value is -0.0700. The Morgan fingerprint density at radius 2 is 1.69 bits per heavy atom. The lowest BCUT2D eigenvalue weighted by Gasteiger charge is -2.18. The van der Waals surface area contributed by atoms with Gasteiger partial charge in [-0.05, 0) is 18.3 Å². The standard InChI is InChI=1S/C12H25F/c1-4-5-6-7-8-12(9-10-13)11(2)3/h11-12H,4-10H2,1-3H3. The van der Waals surface area contributed by atoms with Crippen LogP contribution in [-0.2, 0) is 0 Å². The molecule has 0 aliphatic heterocycles. The minimum absolute atomic E-state index is 0.142. The van der Waals surface area contributed by atoms with E-state index < -0.39 is 0 Å². The van der Waals surface area contributed by atoms with Crippen LogP contribution in [0, 0.1) is 11.8 Å². The number of hydrogen-bond acceptors (Lipinski definition) is 0. The van der Waals surface area contributed by atoms with E-state index in [9.17, 15) is 4.39 Å². The molecule has 0 heterocycles. The van der Waals surface area contributed by atoms with Gasteiger partial charge in [0, 0.05) is 0 Å². The number of alkyl halides is 1. The van der Waals surface area contributed by atoms with Gasteiger partial charge in [0.25, 0.3) is 0 Å². The molecule has 0 radical (unpaired) electrons. The summed E-state index contributed by atoms with van der Waals surface area (Å²) in [5.41, 5.74) is 0. The topological polar surface area (TPSA) is 0 Å². The van der Waals surface area contributed by atoms with Gasteiger partial charge in [0.15, 0.2) is 0 Å². The molecule has 0 spiro atoms. The minimum Gasteiger partial charge on any atom is -0.251 e. The van der Waals surface area contributed by atoms with Gasteiger partial charge in [-0.2, -0.15) is 0 Å². The maximum Gasteiger partial charge on any atom is 0.0897 e. The number of rotatable bonds is 8. The molecule has 0 N–H and O–H groups in total. The molecule has 0 amide bonds. The van der Waals surface area contributed by atoms with Gasteiger partial charge in [0.2, 0.25) is 0 Å². The molecule has 1 atom stereocenters. The molecule has 80 valence electrons. The fourth-order valence-corrected chi connectivity index (χ4v) is 1.78. The lowest BCUT2D eigenvalue weighted by Crippen LogP contribution is -2.09. The molecule has 0 aromatic rings. The second-order valence-electron chi connectivity index (χ2n) is 4.33. The zero-order chi connectivity index (χ0) is 10.1. The maximum atomic E-state index is 12.2. The average Bonchev–Trinajstić information content (AvgIpc) is 2.10. The fourth-order valence-electron chi connectivity index (χ4n) is 1.78. The van der Waals surface area contributed by atoms with E-state index in [-0.39, 0.29) is 6.67 Å². The summed E-state index contributed by atoms with van der Waals surface area (Å²) in [7, 11) is 0. The predicted octanol–water partition coefficient (Wildman–Crippen LogP) is 4.59. The maximum absolute atomic E-state index is 12.2. The highest BCUT2D eigenvalue weighted by atomic mass is 19.1. The molecular formula is C12H25F. The highest BCUT2D eigenvalue weighted by Gasteiger charge is 2.11. The molecular weight excluding hydrogens is 163 g/mol. The van der Waals surface area contributed by atoms with Crippen LogP contribution in [0.5, 0.6) is 0 Å². The number of hydrogen-bond donors (Lipinski definition) is 0. The summed E-state index contributed by atoms with van der Waals surface area (Å²) < 4.78 is 12.2. The summed E-state index contributed by atoms with van der Waals surface area (Å²) in [5.74, 6) is 1.26. The molecule has 0 nitrogen and oxygen atoms in total. The van der Waals surface area contributed by atoms with Crippen LogP contribution in [0.25, 0.3) is 0 Å². The Labute approximate surface area is 82.9 Å². The van der Waals surface area contributed by atoms with Crippen LogP contribution in [-0.4, -0.2) is 6.67 Å². The molecule has 1 unspecified atom stereocenters. The van der Waals surface area contributed by atoms with Crippen molar-refractivity contribution >= 4 is 0 Å². The van der Waals surface area contributed by atoms with Gasteiger partial charge in [-0.15, -0.1) is 0 Å². The van der Waals surface area contributed by atoms with Crippen molar-refractivity contribution in [3.63, 3.8) is 0 Å². The molecule has 0 saturated carbocycles. The van der Waals surface area contributed by atoms with Gasteiger partial charge in [0.1, 0.15) is 0 Å². The normalized spacial score (nSPS) is 13.6. The van der Waals surface area contributed by atoms with Crippen molar-refractivity contribution in [3.05, 3.63) is 0 Å². The highest BCUT2D eigenvalue weighted by molar-refractivity contribution is 4.63. The van der Waals surface area contributed by atoms with Crippen LogP contribution in [0.2, 0.25) is 0 Å². The first-order chi connectivity index (χ1) is 6.22. The number of halogens is 1. The molecule has 0 fully saturated rings. The van der Waals surface area contributed by atoms with Gasteiger partial charge < -0.3 is 0 Å². The largest absolute Gasteiger partial charge is 0.251 e. The van der Waals surface area contributed by atoms with Crippen LogP contribution in [0.3, 0.4) is 0 Å². The fraction of sp³-hybridized carbons (Fsp3) is 1.00. The van der Waals surface area contributed by atoms with Gasteiger partial charge in [0.05, 0.1) is 6.67 Å². The molecule has 0 rings (SSSR count). The summed E-state index contributed by atoms with van der Waals surface area (Å²) in [6, 6.07) is 0. The Morgan fingerprint density at radius 1 is 1.00 bits per heavy atom. The lowest BCUT2D eigenvalue weighted by atomic mass is 9.88. The van der Waals surface area contributed by atoms with Crippen molar-refractivity contribution < 1.29 is 4.39 Å². The van der Waals surface area contributed by atoms with E-state index in [0.29, 0.717) is 11.8 Å². The quantitative estimate of drug-likeness (QED) is 0.489. The summed E-state index contributed by atoms with van der Waals surface area (Å²) in [6.45, 7) is 6.50. The zero-order valence-corrected chi connectivity index (χ0v) is 9.48. The zero-order valence-electron chi connectivity index (χ0n) is 9.48.